The van der Waals surface area contributed by atoms with Crippen molar-refractivity contribution >= 4 is 45.0 Å². The van der Waals surface area contributed by atoms with E-state index in [1.54, 1.807) is 24.8 Å². The molecule has 2 heterocycles. The van der Waals surface area contributed by atoms with E-state index in [1.807, 2.05) is 19.1 Å². The number of rotatable bonds is 5. The van der Waals surface area contributed by atoms with Crippen LogP contribution in [0, 0.1) is 18.3 Å². The van der Waals surface area contributed by atoms with E-state index < -0.39 is 0 Å². The number of nitrogens with one attached hydrogen (secondary N) is 2. The molecule has 2 aromatic heterocycles. The third-order valence-corrected chi connectivity index (χ3v) is 6.35. The number of anilines is 3. The molecule has 0 bridgehead atoms. The topological polar surface area (TPSA) is 117 Å². The summed E-state index contributed by atoms with van der Waals surface area (Å²) in [4.78, 5) is 11.5. The molecule has 154 valence electrons. The summed E-state index contributed by atoms with van der Waals surface area (Å²) in [5, 5.41) is 19.1. The molecule has 1 aliphatic carbocycles. The summed E-state index contributed by atoms with van der Waals surface area (Å²) < 4.78 is 5.35. The molecule has 5 N–H and O–H groups in total. The minimum absolute atomic E-state index is 0.578. The minimum atomic E-state index is 0.578. The van der Waals surface area contributed by atoms with E-state index in [1.165, 1.54) is 16.7 Å². The first-order valence-electron chi connectivity index (χ1n) is 9.47. The summed E-state index contributed by atoms with van der Waals surface area (Å²) >= 11 is 1.77. The Morgan fingerprint density at radius 2 is 2.17 bits per heavy atom. The maximum atomic E-state index is 7.55. The Bertz CT molecular complexity index is 1020. The minimum Gasteiger partial charge on any atom is -0.400 e. The van der Waals surface area contributed by atoms with Crippen molar-refractivity contribution in [1.29, 1.82) is 5.41 Å². The summed E-state index contributed by atoms with van der Waals surface area (Å²) in [7, 11) is 2.77. The average Bonchev–Trinajstić information content (AvgIpc) is 3.10. The van der Waals surface area contributed by atoms with Gasteiger partial charge in [0.1, 0.15) is 17.0 Å². The first kappa shape index (κ1) is 21.2. The Balaban J connectivity index is 0.00000117. The van der Waals surface area contributed by atoms with Crippen molar-refractivity contribution in [3.63, 3.8) is 0 Å². The smallest absolute Gasteiger partial charge is 0.142 e. The Morgan fingerprint density at radius 3 is 2.90 bits per heavy atom. The van der Waals surface area contributed by atoms with Crippen molar-refractivity contribution in [2.24, 2.45) is 5.92 Å². The van der Waals surface area contributed by atoms with Crippen LogP contribution in [0.2, 0.25) is 0 Å². The molecule has 1 unspecified atom stereocenters. The number of methoxy groups -OCH3 is 1. The number of aliphatic hydroxyl groups is 1. The first-order chi connectivity index (χ1) is 14.1. The van der Waals surface area contributed by atoms with E-state index in [-0.39, 0.29) is 0 Å². The number of nitrogens with zero attached hydrogens (tertiary/aromatic N) is 2. The number of aryl methyl sites for hydroxylation is 2. The van der Waals surface area contributed by atoms with E-state index in [2.05, 4.69) is 15.3 Å². The second-order valence-electron chi connectivity index (χ2n) is 7.04. The molecule has 0 saturated heterocycles. The van der Waals surface area contributed by atoms with E-state index in [9.17, 15) is 0 Å². The molecule has 0 saturated carbocycles. The summed E-state index contributed by atoms with van der Waals surface area (Å²) in [6.07, 6.45) is 6.08. The molecule has 4 rings (SSSR count). The Kier molecular flexibility index (Phi) is 6.79. The van der Waals surface area contributed by atoms with Crippen molar-refractivity contribution < 1.29 is 9.84 Å². The summed E-state index contributed by atoms with van der Waals surface area (Å²) in [5.74, 6) is 1.40. The van der Waals surface area contributed by atoms with Gasteiger partial charge >= 0.3 is 0 Å². The van der Waals surface area contributed by atoms with Gasteiger partial charge in [0.2, 0.25) is 0 Å². The highest BCUT2D eigenvalue weighted by Gasteiger charge is 2.25. The Hall–Kier alpha value is -2.55. The van der Waals surface area contributed by atoms with Crippen LogP contribution in [0.25, 0.3) is 10.2 Å². The number of nitrogen functional groups attached to an aromatic ring is 1. The van der Waals surface area contributed by atoms with Gasteiger partial charge in [-0.05, 0) is 55.4 Å². The summed E-state index contributed by atoms with van der Waals surface area (Å²) in [6.45, 7) is 2.81. The molecule has 7 nitrogen and oxygen atoms in total. The molecule has 0 spiro atoms. The van der Waals surface area contributed by atoms with Gasteiger partial charge in [0.05, 0.1) is 5.39 Å². The zero-order valence-electron chi connectivity index (χ0n) is 17.0. The molecule has 1 aliphatic rings. The van der Waals surface area contributed by atoms with Crippen LogP contribution in [0.1, 0.15) is 28.0 Å². The maximum absolute atomic E-state index is 7.55. The van der Waals surface area contributed by atoms with Crippen LogP contribution in [0.5, 0.6) is 0 Å². The molecule has 1 atom stereocenters. The molecule has 0 radical (unpaired) electrons. The van der Waals surface area contributed by atoms with Gasteiger partial charge in [0.25, 0.3) is 0 Å². The van der Waals surface area contributed by atoms with E-state index >= 15 is 0 Å². The molecule has 0 aliphatic heterocycles. The van der Waals surface area contributed by atoms with Gasteiger partial charge in [-0.15, -0.1) is 11.3 Å². The van der Waals surface area contributed by atoms with E-state index in [0.717, 1.165) is 60.3 Å². The number of hydrogen-bond acceptors (Lipinski definition) is 8. The van der Waals surface area contributed by atoms with E-state index in [0.29, 0.717) is 17.2 Å². The lowest BCUT2D eigenvalue weighted by Gasteiger charge is -2.21. The van der Waals surface area contributed by atoms with Gasteiger partial charge < -0.3 is 26.3 Å². The number of aliphatic hydroxyl groups excluding tert-OH is 1. The van der Waals surface area contributed by atoms with Crippen molar-refractivity contribution in [2.75, 3.05) is 31.9 Å². The number of fused-ring (bicyclic) bond motifs is 3. The zero-order chi connectivity index (χ0) is 21.0. The molecule has 3 aromatic rings. The summed E-state index contributed by atoms with van der Waals surface area (Å²) in [6, 6.07) is 3.79. The second-order valence-corrected chi connectivity index (χ2v) is 8.12. The molecular formula is C21H27N5O2S. The zero-order valence-corrected chi connectivity index (χ0v) is 17.8. The van der Waals surface area contributed by atoms with Gasteiger partial charge in [-0.3, -0.25) is 0 Å². The fourth-order valence-electron chi connectivity index (χ4n) is 3.79. The van der Waals surface area contributed by atoms with Crippen LogP contribution in [-0.4, -0.2) is 42.1 Å². The first-order valence-corrected chi connectivity index (χ1v) is 10.3. The number of ether oxygens (including phenoxy) is 1. The summed E-state index contributed by atoms with van der Waals surface area (Å²) in [5.41, 5.74) is 10.6. The molecular weight excluding hydrogens is 386 g/mol. The second kappa shape index (κ2) is 9.30. The monoisotopic (exact) mass is 413 g/mol. The number of aromatic nitrogens is 2. The van der Waals surface area contributed by atoms with Crippen molar-refractivity contribution in [3.05, 3.63) is 40.0 Å². The van der Waals surface area contributed by atoms with Gasteiger partial charge in [0, 0.05) is 48.9 Å². The van der Waals surface area contributed by atoms with Crippen LogP contribution in [0.3, 0.4) is 0 Å². The maximum Gasteiger partial charge on any atom is 0.142 e. The van der Waals surface area contributed by atoms with Crippen LogP contribution in [0.15, 0.2) is 18.5 Å². The van der Waals surface area contributed by atoms with Crippen LogP contribution >= 0.6 is 11.3 Å². The largest absolute Gasteiger partial charge is 0.400 e. The third-order valence-electron chi connectivity index (χ3n) is 5.19. The number of hydrogen-bond donors (Lipinski definition) is 4. The lowest BCUT2D eigenvalue weighted by Crippen LogP contribution is -2.17. The van der Waals surface area contributed by atoms with E-state index in [4.69, 9.17) is 21.0 Å². The standard InChI is InChI=1S/C20H23N5OS.CH4O/c1-11-5-15(22)13(8-21)7-16(11)25-19-18-14-4-3-12(9-26-2)6-17(14)27-20(18)24-10-23-19;1-2/h5,7-8,10,12,21H,3-4,6,9,22H2,1-2H3,(H,23,24,25);2H,1H3. The SMILES string of the molecule is CO.COCC1CCc2c(sc3ncnc(Nc4cc(C=N)c(N)cc4C)c23)C1. The molecule has 29 heavy (non-hydrogen) atoms. The molecule has 0 amide bonds. The van der Waals surface area contributed by atoms with Gasteiger partial charge in [-0.25, -0.2) is 9.97 Å². The predicted molar refractivity (Wildman–Crippen MR) is 120 cm³/mol. The number of benzene rings is 1. The van der Waals surface area contributed by atoms with Gasteiger partial charge in [-0.2, -0.15) is 0 Å². The Morgan fingerprint density at radius 1 is 1.38 bits per heavy atom. The number of nitrogens with two attached hydrogens (primary N) is 1. The number of thiophene rings is 1. The molecule has 1 aromatic carbocycles. The lowest BCUT2D eigenvalue weighted by atomic mass is 9.88. The van der Waals surface area contributed by atoms with Gasteiger partial charge in [-0.1, -0.05) is 0 Å². The van der Waals surface area contributed by atoms with Crippen molar-refractivity contribution in [2.45, 2.75) is 26.2 Å². The van der Waals surface area contributed by atoms with Crippen LogP contribution in [-0.2, 0) is 17.6 Å². The molecule has 0 fully saturated rings. The van der Waals surface area contributed by atoms with Gasteiger partial charge in [0.15, 0.2) is 0 Å². The van der Waals surface area contributed by atoms with Crippen LogP contribution in [0.4, 0.5) is 17.2 Å². The van der Waals surface area contributed by atoms with Crippen LogP contribution < -0.4 is 11.1 Å². The molecule has 8 heteroatoms. The third kappa shape index (κ3) is 4.24. The van der Waals surface area contributed by atoms with Crippen molar-refractivity contribution in [3.8, 4) is 0 Å². The normalized spacial score (nSPS) is 15.4. The Labute approximate surface area is 174 Å². The lowest BCUT2D eigenvalue weighted by molar-refractivity contribution is 0.145. The highest BCUT2D eigenvalue weighted by Crippen LogP contribution is 2.40. The predicted octanol–water partition coefficient (Wildman–Crippen LogP) is 3.68. The average molecular weight is 414 g/mol. The fourth-order valence-corrected chi connectivity index (χ4v) is 5.09. The highest BCUT2D eigenvalue weighted by molar-refractivity contribution is 7.19. The quantitative estimate of drug-likeness (QED) is 0.374. The highest BCUT2D eigenvalue weighted by atomic mass is 32.1. The fraction of sp³-hybridized carbons (Fsp3) is 0.381. The van der Waals surface area contributed by atoms with Crippen molar-refractivity contribution in [1.82, 2.24) is 9.97 Å².